The topological polar surface area (TPSA) is 87.7 Å². The van der Waals surface area contributed by atoms with E-state index in [0.717, 1.165) is 17.1 Å². The molecule has 114 valence electrons. The number of rotatable bonds is 3. The average molecular weight is 320 g/mol. The zero-order valence-electron chi connectivity index (χ0n) is 11.9. The maximum Gasteiger partial charge on any atom is 0.262 e. The van der Waals surface area contributed by atoms with Crippen molar-refractivity contribution in [1.82, 2.24) is 15.2 Å². The quantitative estimate of drug-likeness (QED) is 0.776. The Morgan fingerprint density at radius 3 is 2.68 bits per heavy atom. The number of aromatic amines is 1. The van der Waals surface area contributed by atoms with E-state index in [4.69, 9.17) is 0 Å². The Morgan fingerprint density at radius 2 is 1.95 bits per heavy atom. The molecule has 0 saturated carbocycles. The van der Waals surface area contributed by atoms with Crippen LogP contribution in [-0.2, 0) is 10.0 Å². The van der Waals surface area contributed by atoms with Gasteiger partial charge in [-0.05, 0) is 43.7 Å². The first-order valence-corrected chi connectivity index (χ1v) is 7.94. The van der Waals surface area contributed by atoms with E-state index in [0.29, 0.717) is 16.9 Å². The van der Waals surface area contributed by atoms with Gasteiger partial charge in [0.2, 0.25) is 0 Å². The first kappa shape index (κ1) is 14.5. The fourth-order valence-electron chi connectivity index (χ4n) is 2.15. The fraction of sp³-hybridized carbons (Fsp3) is 0.143. The van der Waals surface area contributed by atoms with Crippen molar-refractivity contribution in [3.05, 3.63) is 47.5 Å². The lowest BCUT2D eigenvalue weighted by Gasteiger charge is -2.08. The predicted molar refractivity (Wildman–Crippen MR) is 80.6 cm³/mol. The molecule has 3 rings (SSSR count). The smallest absolute Gasteiger partial charge is 0.262 e. The molecule has 0 aliphatic carbocycles. The van der Waals surface area contributed by atoms with E-state index >= 15 is 0 Å². The molecule has 0 aliphatic heterocycles. The summed E-state index contributed by atoms with van der Waals surface area (Å²) in [7, 11) is -3.88. The molecular weight excluding hydrogens is 307 g/mol. The van der Waals surface area contributed by atoms with Crippen molar-refractivity contribution in [2.45, 2.75) is 18.7 Å². The molecule has 3 aromatic rings. The Kier molecular flexibility index (Phi) is 3.32. The Morgan fingerprint density at radius 1 is 1.18 bits per heavy atom. The predicted octanol–water partition coefficient (Wildman–Crippen LogP) is 2.51. The summed E-state index contributed by atoms with van der Waals surface area (Å²) in [6.45, 7) is 3.44. The number of benzene rings is 1. The van der Waals surface area contributed by atoms with Gasteiger partial charge in [0.1, 0.15) is 5.82 Å². The van der Waals surface area contributed by atoms with Crippen LogP contribution in [0.5, 0.6) is 0 Å². The van der Waals surface area contributed by atoms with E-state index in [1.165, 1.54) is 18.3 Å². The molecule has 22 heavy (non-hydrogen) atoms. The highest BCUT2D eigenvalue weighted by Gasteiger charge is 2.16. The molecule has 2 N–H and O–H groups in total. The highest BCUT2D eigenvalue weighted by atomic mass is 32.2. The molecule has 0 fully saturated rings. The molecule has 0 spiro atoms. The summed E-state index contributed by atoms with van der Waals surface area (Å²) >= 11 is 0. The molecule has 6 nitrogen and oxygen atoms in total. The molecule has 0 unspecified atom stereocenters. The van der Waals surface area contributed by atoms with Crippen LogP contribution < -0.4 is 4.72 Å². The Labute approximate surface area is 126 Å². The summed E-state index contributed by atoms with van der Waals surface area (Å²) in [5.74, 6) is -0.598. The number of sulfonamides is 1. The van der Waals surface area contributed by atoms with Crippen LogP contribution in [0.3, 0.4) is 0 Å². The Balaban J connectivity index is 2.00. The van der Waals surface area contributed by atoms with Crippen LogP contribution in [0, 0.1) is 19.7 Å². The number of fused-ring (bicyclic) bond motifs is 1. The van der Waals surface area contributed by atoms with Crippen molar-refractivity contribution in [2.24, 2.45) is 0 Å². The van der Waals surface area contributed by atoms with Crippen LogP contribution in [-0.4, -0.2) is 23.6 Å². The number of nitrogens with zero attached hydrogens (tertiary/aromatic N) is 2. The van der Waals surface area contributed by atoms with E-state index in [9.17, 15) is 12.8 Å². The molecular formula is C14H13FN4O2S. The highest BCUT2D eigenvalue weighted by molar-refractivity contribution is 7.92. The average Bonchev–Trinajstić information content (AvgIpc) is 2.79. The number of hydrogen-bond acceptors (Lipinski definition) is 4. The standard InChI is InChI=1S/C14H13FN4O2S/c1-8-3-10(15)5-12(4-8)22(20,21)19-11-6-13-9(2)17-18-14(13)16-7-11/h3-7,19H,1-2H3,(H,16,17,18). The van der Waals surface area contributed by atoms with E-state index in [1.807, 2.05) is 6.92 Å². The molecule has 0 saturated heterocycles. The van der Waals surface area contributed by atoms with Gasteiger partial charge in [-0.2, -0.15) is 5.10 Å². The van der Waals surface area contributed by atoms with Crippen LogP contribution in [0.1, 0.15) is 11.3 Å². The van der Waals surface area contributed by atoms with Gasteiger partial charge >= 0.3 is 0 Å². The third-order valence-electron chi connectivity index (χ3n) is 3.18. The fourth-order valence-corrected chi connectivity index (χ4v) is 3.30. The van der Waals surface area contributed by atoms with Crippen molar-refractivity contribution in [2.75, 3.05) is 4.72 Å². The van der Waals surface area contributed by atoms with Crippen LogP contribution in [0.25, 0.3) is 11.0 Å². The summed E-state index contributed by atoms with van der Waals surface area (Å²) in [5, 5.41) is 7.47. The Bertz CT molecular complexity index is 946. The minimum Gasteiger partial charge on any atom is -0.280 e. The van der Waals surface area contributed by atoms with Gasteiger partial charge in [-0.25, -0.2) is 17.8 Å². The highest BCUT2D eigenvalue weighted by Crippen LogP contribution is 2.21. The summed E-state index contributed by atoms with van der Waals surface area (Å²) < 4.78 is 40.5. The lowest BCUT2D eigenvalue weighted by molar-refractivity contribution is 0.594. The second-order valence-corrected chi connectivity index (χ2v) is 6.70. The van der Waals surface area contributed by atoms with Gasteiger partial charge < -0.3 is 0 Å². The van der Waals surface area contributed by atoms with Crippen LogP contribution in [0.4, 0.5) is 10.1 Å². The van der Waals surface area contributed by atoms with Crippen molar-refractivity contribution < 1.29 is 12.8 Å². The first-order valence-electron chi connectivity index (χ1n) is 6.46. The number of aryl methyl sites for hydroxylation is 2. The summed E-state index contributed by atoms with van der Waals surface area (Å²) in [5.41, 5.74) is 2.10. The number of H-pyrrole nitrogens is 1. The molecule has 1 aromatic carbocycles. The van der Waals surface area contributed by atoms with Gasteiger partial charge in [0.05, 0.1) is 16.8 Å². The molecule has 2 aromatic heterocycles. The molecule has 0 radical (unpaired) electrons. The van der Waals surface area contributed by atoms with Gasteiger partial charge in [-0.15, -0.1) is 0 Å². The molecule has 0 amide bonds. The normalized spacial score (nSPS) is 11.8. The molecule has 0 aliphatic rings. The first-order chi connectivity index (χ1) is 10.3. The van der Waals surface area contributed by atoms with Gasteiger partial charge in [-0.3, -0.25) is 9.82 Å². The van der Waals surface area contributed by atoms with Gasteiger partial charge in [-0.1, -0.05) is 0 Å². The zero-order valence-corrected chi connectivity index (χ0v) is 12.7. The summed E-state index contributed by atoms with van der Waals surface area (Å²) in [4.78, 5) is 3.94. The largest absolute Gasteiger partial charge is 0.280 e. The molecule has 2 heterocycles. The molecule has 0 bridgehead atoms. The van der Waals surface area contributed by atoms with Crippen LogP contribution in [0.2, 0.25) is 0 Å². The van der Waals surface area contributed by atoms with Gasteiger partial charge in [0.25, 0.3) is 10.0 Å². The van der Waals surface area contributed by atoms with Crippen molar-refractivity contribution >= 4 is 26.7 Å². The maximum atomic E-state index is 13.4. The monoisotopic (exact) mass is 320 g/mol. The number of aromatic nitrogens is 3. The summed E-state index contributed by atoms with van der Waals surface area (Å²) in [6, 6.07) is 5.28. The van der Waals surface area contributed by atoms with Crippen LogP contribution >= 0.6 is 0 Å². The van der Waals surface area contributed by atoms with E-state index < -0.39 is 15.8 Å². The van der Waals surface area contributed by atoms with E-state index in [1.54, 1.807) is 13.0 Å². The third-order valence-corrected chi connectivity index (χ3v) is 4.54. The van der Waals surface area contributed by atoms with Crippen molar-refractivity contribution in [3.63, 3.8) is 0 Å². The minimum atomic E-state index is -3.88. The Hall–Kier alpha value is -2.48. The van der Waals surface area contributed by atoms with Gasteiger partial charge in [0, 0.05) is 11.1 Å². The maximum absolute atomic E-state index is 13.4. The van der Waals surface area contributed by atoms with E-state index in [-0.39, 0.29) is 4.90 Å². The number of hydrogen-bond donors (Lipinski definition) is 2. The number of halogens is 1. The van der Waals surface area contributed by atoms with Crippen molar-refractivity contribution in [3.8, 4) is 0 Å². The second-order valence-electron chi connectivity index (χ2n) is 5.01. The number of anilines is 1. The zero-order chi connectivity index (χ0) is 15.9. The minimum absolute atomic E-state index is 0.131. The SMILES string of the molecule is Cc1cc(F)cc(S(=O)(=O)Nc2cnc3n[nH]c(C)c3c2)c1. The van der Waals surface area contributed by atoms with Crippen molar-refractivity contribution in [1.29, 1.82) is 0 Å². The third kappa shape index (κ3) is 2.64. The van der Waals surface area contributed by atoms with E-state index in [2.05, 4.69) is 19.9 Å². The summed E-state index contributed by atoms with van der Waals surface area (Å²) in [6.07, 6.45) is 1.37. The lowest BCUT2D eigenvalue weighted by Crippen LogP contribution is -2.13. The lowest BCUT2D eigenvalue weighted by atomic mass is 10.2. The second kappa shape index (κ2) is 5.06. The van der Waals surface area contributed by atoms with Crippen LogP contribution in [0.15, 0.2) is 35.4 Å². The number of pyridine rings is 1. The molecule has 8 heteroatoms. The number of nitrogens with one attached hydrogen (secondary N) is 2. The van der Waals surface area contributed by atoms with Gasteiger partial charge in [0.15, 0.2) is 5.65 Å². The molecule has 0 atom stereocenters.